The van der Waals surface area contributed by atoms with Gasteiger partial charge >= 0.3 is 0 Å². The van der Waals surface area contributed by atoms with Crippen LogP contribution < -0.4 is 11.3 Å². The van der Waals surface area contributed by atoms with E-state index in [1.54, 1.807) is 17.9 Å². The maximum atomic E-state index is 11.2. The summed E-state index contributed by atoms with van der Waals surface area (Å²) >= 11 is 7.37. The van der Waals surface area contributed by atoms with Gasteiger partial charge in [-0.1, -0.05) is 23.4 Å². The van der Waals surface area contributed by atoms with Gasteiger partial charge in [-0.05, 0) is 6.92 Å². The highest BCUT2D eigenvalue weighted by molar-refractivity contribution is 7.99. The summed E-state index contributed by atoms with van der Waals surface area (Å²) in [5.41, 5.74) is 2.64. The average molecular weight is 316 g/mol. The molecule has 3 N–H and O–H groups in total. The number of aryl methyl sites for hydroxylation is 1. The highest BCUT2D eigenvalue weighted by Crippen LogP contribution is 2.27. The summed E-state index contributed by atoms with van der Waals surface area (Å²) in [5.74, 6) is 5.51. The van der Waals surface area contributed by atoms with Crippen molar-refractivity contribution in [2.45, 2.75) is 18.6 Å². The third kappa shape index (κ3) is 2.94. The molecule has 20 heavy (non-hydrogen) atoms. The summed E-state index contributed by atoms with van der Waals surface area (Å²) in [6, 6.07) is 0. The van der Waals surface area contributed by atoms with E-state index in [1.165, 1.54) is 11.8 Å². The Labute approximate surface area is 124 Å². The minimum atomic E-state index is -0.280. The molecular formula is C10H14ClN7OS. The molecule has 0 atom stereocenters. The summed E-state index contributed by atoms with van der Waals surface area (Å²) in [6.07, 6.45) is 1.69. The molecule has 2 rings (SSSR count). The molecule has 0 fully saturated rings. The zero-order valence-electron chi connectivity index (χ0n) is 11.0. The van der Waals surface area contributed by atoms with Gasteiger partial charge in [0.05, 0.1) is 10.8 Å². The first kappa shape index (κ1) is 14.8. The SMILES string of the molecule is CCn1c(SCC(=O)NN)nnc1-c1nn(C)cc1Cl. The Morgan fingerprint density at radius 2 is 2.30 bits per heavy atom. The second kappa shape index (κ2) is 6.25. The Kier molecular flexibility index (Phi) is 4.63. The van der Waals surface area contributed by atoms with Crippen molar-refractivity contribution in [1.82, 2.24) is 30.0 Å². The van der Waals surface area contributed by atoms with Crippen LogP contribution in [0.1, 0.15) is 6.92 Å². The van der Waals surface area contributed by atoms with E-state index < -0.39 is 0 Å². The fraction of sp³-hybridized carbons (Fsp3) is 0.400. The number of amides is 1. The van der Waals surface area contributed by atoms with Crippen molar-refractivity contribution in [2.24, 2.45) is 12.9 Å². The van der Waals surface area contributed by atoms with Crippen LogP contribution in [-0.2, 0) is 18.4 Å². The molecule has 2 aromatic rings. The molecule has 0 aliphatic rings. The largest absolute Gasteiger partial charge is 0.301 e. The maximum absolute atomic E-state index is 11.2. The van der Waals surface area contributed by atoms with Gasteiger partial charge in [0, 0.05) is 19.8 Å². The van der Waals surface area contributed by atoms with E-state index in [0.29, 0.717) is 28.2 Å². The quantitative estimate of drug-likeness (QED) is 0.359. The van der Waals surface area contributed by atoms with E-state index in [0.717, 1.165) is 0 Å². The van der Waals surface area contributed by atoms with Gasteiger partial charge in [0.25, 0.3) is 0 Å². The molecule has 0 saturated carbocycles. The molecule has 0 aliphatic heterocycles. The van der Waals surface area contributed by atoms with E-state index in [-0.39, 0.29) is 11.7 Å². The maximum Gasteiger partial charge on any atom is 0.244 e. The number of nitrogens with one attached hydrogen (secondary N) is 1. The number of rotatable bonds is 5. The number of thioether (sulfide) groups is 1. The van der Waals surface area contributed by atoms with Crippen LogP contribution in [0.15, 0.2) is 11.4 Å². The standard InChI is InChI=1S/C10H14ClN7OS/c1-3-18-9(8-6(11)4-17(2)16-8)14-15-10(18)20-5-7(19)13-12/h4H,3,5,12H2,1-2H3,(H,13,19). The molecule has 108 valence electrons. The molecule has 0 spiro atoms. The number of halogens is 1. The summed E-state index contributed by atoms with van der Waals surface area (Å²) in [4.78, 5) is 11.2. The number of hydrogen-bond acceptors (Lipinski definition) is 6. The molecule has 0 aromatic carbocycles. The van der Waals surface area contributed by atoms with Gasteiger partial charge in [0.2, 0.25) is 5.91 Å². The summed E-state index contributed by atoms with van der Waals surface area (Å²) in [5, 5.41) is 13.6. The van der Waals surface area contributed by atoms with Crippen LogP contribution in [0, 0.1) is 0 Å². The van der Waals surface area contributed by atoms with Gasteiger partial charge in [0.15, 0.2) is 11.0 Å². The van der Waals surface area contributed by atoms with Crippen LogP contribution in [0.5, 0.6) is 0 Å². The normalized spacial score (nSPS) is 10.8. The van der Waals surface area contributed by atoms with Crippen molar-refractivity contribution >= 4 is 29.3 Å². The number of nitrogens with zero attached hydrogens (tertiary/aromatic N) is 5. The van der Waals surface area contributed by atoms with Gasteiger partial charge in [-0.15, -0.1) is 10.2 Å². The number of carbonyl (C=O) groups is 1. The third-order valence-corrected chi connectivity index (χ3v) is 3.77. The minimum Gasteiger partial charge on any atom is -0.301 e. The number of hydrogen-bond donors (Lipinski definition) is 2. The first-order valence-electron chi connectivity index (χ1n) is 5.81. The number of hydrazine groups is 1. The molecule has 8 nitrogen and oxygen atoms in total. The predicted molar refractivity (Wildman–Crippen MR) is 76.0 cm³/mol. The fourth-order valence-corrected chi connectivity index (χ4v) is 2.72. The molecule has 0 unspecified atom stereocenters. The Balaban J connectivity index is 2.30. The second-order valence-corrected chi connectivity index (χ2v) is 5.26. The topological polar surface area (TPSA) is 104 Å². The highest BCUT2D eigenvalue weighted by atomic mass is 35.5. The highest BCUT2D eigenvalue weighted by Gasteiger charge is 2.18. The molecule has 0 aliphatic carbocycles. The van der Waals surface area contributed by atoms with E-state index in [9.17, 15) is 4.79 Å². The van der Waals surface area contributed by atoms with Crippen LogP contribution in [-0.4, -0.2) is 36.2 Å². The van der Waals surface area contributed by atoms with Crippen molar-refractivity contribution < 1.29 is 4.79 Å². The fourth-order valence-electron chi connectivity index (χ4n) is 1.64. The Morgan fingerprint density at radius 1 is 1.55 bits per heavy atom. The van der Waals surface area contributed by atoms with Gasteiger partial charge in [0.1, 0.15) is 5.69 Å². The lowest BCUT2D eigenvalue weighted by atomic mass is 10.4. The zero-order chi connectivity index (χ0) is 14.7. The summed E-state index contributed by atoms with van der Waals surface area (Å²) in [6.45, 7) is 2.60. The molecule has 2 aromatic heterocycles. The van der Waals surface area contributed by atoms with Crippen LogP contribution >= 0.6 is 23.4 Å². The van der Waals surface area contributed by atoms with Crippen LogP contribution in [0.2, 0.25) is 5.02 Å². The van der Waals surface area contributed by atoms with Crippen molar-refractivity contribution in [3.05, 3.63) is 11.2 Å². The van der Waals surface area contributed by atoms with Crippen molar-refractivity contribution in [3.8, 4) is 11.5 Å². The number of nitrogens with two attached hydrogens (primary N) is 1. The average Bonchev–Trinajstić information content (AvgIpc) is 2.98. The van der Waals surface area contributed by atoms with Crippen LogP contribution in [0.4, 0.5) is 0 Å². The Bertz CT molecular complexity index is 623. The monoisotopic (exact) mass is 315 g/mol. The zero-order valence-corrected chi connectivity index (χ0v) is 12.6. The minimum absolute atomic E-state index is 0.171. The smallest absolute Gasteiger partial charge is 0.244 e. The van der Waals surface area contributed by atoms with Gasteiger partial charge in [-0.3, -0.25) is 14.9 Å². The Morgan fingerprint density at radius 3 is 2.85 bits per heavy atom. The molecule has 2 heterocycles. The van der Waals surface area contributed by atoms with E-state index >= 15 is 0 Å². The molecule has 0 radical (unpaired) electrons. The third-order valence-electron chi connectivity index (χ3n) is 2.52. The molecule has 1 amide bonds. The second-order valence-electron chi connectivity index (χ2n) is 3.91. The lowest BCUT2D eigenvalue weighted by molar-refractivity contribution is -0.118. The molecular weight excluding hydrogens is 302 g/mol. The van der Waals surface area contributed by atoms with Crippen molar-refractivity contribution in [3.63, 3.8) is 0 Å². The van der Waals surface area contributed by atoms with E-state index in [4.69, 9.17) is 17.4 Å². The molecule has 10 heteroatoms. The molecule has 0 saturated heterocycles. The van der Waals surface area contributed by atoms with E-state index in [1.807, 2.05) is 11.5 Å². The summed E-state index contributed by atoms with van der Waals surface area (Å²) < 4.78 is 3.46. The lowest BCUT2D eigenvalue weighted by Crippen LogP contribution is -2.31. The Hall–Kier alpha value is -1.58. The van der Waals surface area contributed by atoms with Gasteiger partial charge in [-0.25, -0.2) is 5.84 Å². The van der Waals surface area contributed by atoms with E-state index in [2.05, 4.69) is 20.7 Å². The lowest BCUT2D eigenvalue weighted by Gasteiger charge is -2.05. The number of aromatic nitrogens is 5. The van der Waals surface area contributed by atoms with Gasteiger partial charge < -0.3 is 4.57 Å². The van der Waals surface area contributed by atoms with Crippen molar-refractivity contribution in [1.29, 1.82) is 0 Å². The van der Waals surface area contributed by atoms with Crippen LogP contribution in [0.3, 0.4) is 0 Å². The summed E-state index contributed by atoms with van der Waals surface area (Å²) in [7, 11) is 1.78. The number of carbonyl (C=O) groups excluding carboxylic acids is 1. The first-order valence-corrected chi connectivity index (χ1v) is 7.18. The van der Waals surface area contributed by atoms with Crippen molar-refractivity contribution in [2.75, 3.05) is 5.75 Å². The van der Waals surface area contributed by atoms with Gasteiger partial charge in [-0.2, -0.15) is 5.10 Å². The van der Waals surface area contributed by atoms with Crippen LogP contribution in [0.25, 0.3) is 11.5 Å². The first-order chi connectivity index (χ1) is 9.56. The predicted octanol–water partition coefficient (Wildman–Crippen LogP) is 0.434. The molecule has 0 bridgehead atoms.